The highest BCUT2D eigenvalue weighted by molar-refractivity contribution is 7.94. The number of sulfonamides is 1. The molecule has 0 aliphatic rings. The fraction of sp³-hybridized carbons (Fsp3) is 0.182. The molecule has 0 saturated carbocycles. The summed E-state index contributed by atoms with van der Waals surface area (Å²) in [6.45, 7) is 0.621. The maximum absolute atomic E-state index is 12.2. The average molecular weight is 318 g/mol. The van der Waals surface area contributed by atoms with E-state index in [4.69, 9.17) is 11.6 Å². The lowest BCUT2D eigenvalue weighted by atomic mass is 10.3. The molecule has 2 heterocycles. The van der Waals surface area contributed by atoms with Crippen LogP contribution in [0.5, 0.6) is 0 Å². The summed E-state index contributed by atoms with van der Waals surface area (Å²) >= 11 is 7.04. The van der Waals surface area contributed by atoms with Gasteiger partial charge in [0.05, 0.1) is 5.02 Å². The zero-order valence-corrected chi connectivity index (χ0v) is 12.4. The second kappa shape index (κ2) is 5.87. The predicted molar refractivity (Wildman–Crippen MR) is 77.1 cm³/mol. The highest BCUT2D eigenvalue weighted by Crippen LogP contribution is 2.25. The fourth-order valence-electron chi connectivity index (χ4n) is 1.43. The Morgan fingerprint density at radius 3 is 2.95 bits per heavy atom. The Bertz CT molecular complexity index is 670. The summed E-state index contributed by atoms with van der Waals surface area (Å²) in [7, 11) is -1.84. The van der Waals surface area contributed by atoms with Crippen LogP contribution in [-0.2, 0) is 16.6 Å². The lowest BCUT2D eigenvalue weighted by molar-refractivity contribution is 0.603. The number of aromatic nitrogens is 1. The van der Waals surface area contributed by atoms with E-state index in [0.717, 1.165) is 16.9 Å². The van der Waals surface area contributed by atoms with Crippen molar-refractivity contribution in [3.63, 3.8) is 0 Å². The number of anilines is 1. The summed E-state index contributed by atoms with van der Waals surface area (Å²) in [6, 6.07) is 4.84. The van der Waals surface area contributed by atoms with Crippen molar-refractivity contribution in [2.75, 3.05) is 11.8 Å². The van der Waals surface area contributed by atoms with Gasteiger partial charge < -0.3 is 5.32 Å². The number of hydrogen-bond acceptors (Lipinski definition) is 5. The average Bonchev–Trinajstić information content (AvgIpc) is 2.82. The molecule has 5 nitrogen and oxygen atoms in total. The monoisotopic (exact) mass is 317 g/mol. The van der Waals surface area contributed by atoms with E-state index in [1.54, 1.807) is 30.6 Å². The van der Waals surface area contributed by atoms with Gasteiger partial charge in [-0.25, -0.2) is 13.4 Å². The highest BCUT2D eigenvalue weighted by Gasteiger charge is 2.18. The van der Waals surface area contributed by atoms with Crippen molar-refractivity contribution in [3.8, 4) is 0 Å². The zero-order valence-electron chi connectivity index (χ0n) is 10.1. The quantitative estimate of drug-likeness (QED) is 0.888. The fourth-order valence-corrected chi connectivity index (χ4v) is 3.89. The maximum Gasteiger partial charge on any atom is 0.272 e. The summed E-state index contributed by atoms with van der Waals surface area (Å²) in [5.41, 5.74) is 0.917. The molecule has 0 saturated heterocycles. The Hall–Kier alpha value is -1.15. The van der Waals surface area contributed by atoms with Crippen molar-refractivity contribution in [2.24, 2.45) is 0 Å². The van der Waals surface area contributed by atoms with Gasteiger partial charge in [-0.3, -0.25) is 4.72 Å². The topological polar surface area (TPSA) is 71.1 Å². The van der Waals surface area contributed by atoms with Crippen molar-refractivity contribution in [1.29, 1.82) is 0 Å². The predicted octanol–water partition coefficient (Wildman–Crippen LogP) is 2.32. The third-order valence-electron chi connectivity index (χ3n) is 2.26. The highest BCUT2D eigenvalue weighted by atomic mass is 35.5. The van der Waals surface area contributed by atoms with Crippen LogP contribution >= 0.6 is 22.9 Å². The molecule has 0 aromatic carbocycles. The molecular formula is C11H12ClN3O2S2. The van der Waals surface area contributed by atoms with E-state index >= 15 is 0 Å². The lowest BCUT2D eigenvalue weighted by Gasteiger charge is -2.06. The molecule has 0 amide bonds. The smallest absolute Gasteiger partial charge is 0.272 e. The van der Waals surface area contributed by atoms with Gasteiger partial charge in [-0.15, -0.1) is 11.3 Å². The van der Waals surface area contributed by atoms with Crippen LogP contribution < -0.4 is 10.0 Å². The van der Waals surface area contributed by atoms with E-state index in [0.29, 0.717) is 6.54 Å². The molecule has 0 bridgehead atoms. The van der Waals surface area contributed by atoms with E-state index < -0.39 is 10.0 Å². The number of pyridine rings is 1. The van der Waals surface area contributed by atoms with Crippen LogP contribution in [0.2, 0.25) is 5.02 Å². The zero-order chi connectivity index (χ0) is 13.9. The Morgan fingerprint density at radius 2 is 2.26 bits per heavy atom. The molecule has 102 valence electrons. The summed E-state index contributed by atoms with van der Waals surface area (Å²) in [5, 5.41) is 5.02. The van der Waals surface area contributed by atoms with Crippen molar-refractivity contribution in [3.05, 3.63) is 40.4 Å². The third-order valence-corrected chi connectivity index (χ3v) is 5.40. The molecule has 2 rings (SSSR count). The number of rotatable bonds is 5. The summed E-state index contributed by atoms with van der Waals surface area (Å²) < 4.78 is 26.9. The minimum Gasteiger partial charge on any atom is -0.316 e. The Balaban J connectivity index is 2.25. The molecule has 2 aromatic rings. The van der Waals surface area contributed by atoms with Gasteiger partial charge in [0.1, 0.15) is 4.21 Å². The van der Waals surface area contributed by atoms with E-state index in [-0.39, 0.29) is 15.0 Å². The Kier molecular flexibility index (Phi) is 4.41. The molecule has 0 aliphatic carbocycles. The van der Waals surface area contributed by atoms with Crippen LogP contribution in [-0.4, -0.2) is 20.4 Å². The van der Waals surface area contributed by atoms with Gasteiger partial charge in [-0.2, -0.15) is 0 Å². The molecule has 0 fully saturated rings. The van der Waals surface area contributed by atoms with Gasteiger partial charge in [0, 0.05) is 12.7 Å². The van der Waals surface area contributed by atoms with Crippen LogP contribution in [0.25, 0.3) is 0 Å². The molecule has 19 heavy (non-hydrogen) atoms. The van der Waals surface area contributed by atoms with Gasteiger partial charge >= 0.3 is 0 Å². The summed E-state index contributed by atoms with van der Waals surface area (Å²) in [5.74, 6) is 0.132. The third kappa shape index (κ3) is 3.44. The number of hydrogen-bond donors (Lipinski definition) is 2. The van der Waals surface area contributed by atoms with Crippen LogP contribution in [0.15, 0.2) is 34.0 Å². The Morgan fingerprint density at radius 1 is 1.47 bits per heavy atom. The first kappa shape index (κ1) is 14.3. The lowest BCUT2D eigenvalue weighted by Crippen LogP contribution is -2.13. The van der Waals surface area contributed by atoms with Crippen molar-refractivity contribution < 1.29 is 8.42 Å². The Labute approximate surface area is 120 Å². The van der Waals surface area contributed by atoms with Gasteiger partial charge in [0.15, 0.2) is 5.82 Å². The van der Waals surface area contributed by atoms with E-state index in [1.165, 1.54) is 6.20 Å². The molecule has 0 atom stereocenters. The standard InChI is InChI=1S/C11H12ClN3O2S2/c1-13-6-8-5-10(18-7-8)19(16,17)15-11-9(12)3-2-4-14-11/h2-5,7,13H,6H2,1H3,(H,14,15). The number of halogens is 1. The van der Waals surface area contributed by atoms with Crippen LogP contribution in [0.3, 0.4) is 0 Å². The second-order valence-corrected chi connectivity index (χ2v) is 6.97. The first-order valence-corrected chi connectivity index (χ1v) is 8.12. The van der Waals surface area contributed by atoms with Gasteiger partial charge in [-0.05, 0) is 36.2 Å². The van der Waals surface area contributed by atoms with E-state index in [2.05, 4.69) is 15.0 Å². The van der Waals surface area contributed by atoms with Gasteiger partial charge in [-0.1, -0.05) is 11.6 Å². The molecule has 0 aliphatic heterocycles. The van der Waals surface area contributed by atoms with Crippen LogP contribution in [0, 0.1) is 0 Å². The normalized spacial score (nSPS) is 11.5. The first-order valence-electron chi connectivity index (χ1n) is 5.38. The molecule has 2 aromatic heterocycles. The van der Waals surface area contributed by atoms with Gasteiger partial charge in [0.25, 0.3) is 10.0 Å². The molecule has 0 unspecified atom stereocenters. The SMILES string of the molecule is CNCc1csc(S(=O)(=O)Nc2ncccc2Cl)c1. The van der Waals surface area contributed by atoms with E-state index in [1.807, 2.05) is 0 Å². The van der Waals surface area contributed by atoms with Crippen molar-refractivity contribution in [1.82, 2.24) is 10.3 Å². The summed E-state index contributed by atoms with van der Waals surface area (Å²) in [4.78, 5) is 3.90. The molecule has 8 heteroatoms. The van der Waals surface area contributed by atoms with Crippen LogP contribution in [0.1, 0.15) is 5.56 Å². The van der Waals surface area contributed by atoms with E-state index in [9.17, 15) is 8.42 Å². The van der Waals surface area contributed by atoms with Crippen molar-refractivity contribution in [2.45, 2.75) is 10.8 Å². The van der Waals surface area contributed by atoms with Crippen LogP contribution in [0.4, 0.5) is 5.82 Å². The number of nitrogens with one attached hydrogen (secondary N) is 2. The molecular weight excluding hydrogens is 306 g/mol. The minimum atomic E-state index is -3.64. The number of thiophene rings is 1. The maximum atomic E-state index is 12.2. The molecule has 2 N–H and O–H groups in total. The minimum absolute atomic E-state index is 0.132. The largest absolute Gasteiger partial charge is 0.316 e. The van der Waals surface area contributed by atoms with Gasteiger partial charge in [0.2, 0.25) is 0 Å². The first-order chi connectivity index (χ1) is 9.03. The molecule has 0 spiro atoms. The summed E-state index contributed by atoms with van der Waals surface area (Å²) in [6.07, 6.45) is 1.48. The number of nitrogens with zero attached hydrogens (tertiary/aromatic N) is 1. The molecule has 0 radical (unpaired) electrons. The van der Waals surface area contributed by atoms with Crippen molar-refractivity contribution >= 4 is 38.8 Å². The second-order valence-electron chi connectivity index (χ2n) is 3.74.